The van der Waals surface area contributed by atoms with Crippen molar-refractivity contribution >= 4 is 44.2 Å². The Kier molecular flexibility index (Phi) is 8.04. The number of hydrogen-bond acceptors (Lipinski definition) is 5. The van der Waals surface area contributed by atoms with Crippen LogP contribution in [-0.2, 0) is 19.6 Å². The molecule has 8 nitrogen and oxygen atoms in total. The van der Waals surface area contributed by atoms with Gasteiger partial charge in [-0.3, -0.25) is 9.59 Å². The summed E-state index contributed by atoms with van der Waals surface area (Å²) in [6.07, 6.45) is 6.74. The Bertz CT molecular complexity index is 1260. The van der Waals surface area contributed by atoms with Crippen molar-refractivity contribution in [3.8, 4) is 0 Å². The summed E-state index contributed by atoms with van der Waals surface area (Å²) in [4.78, 5) is 32.5. The third kappa shape index (κ3) is 6.11. The molecule has 200 valence electrons. The highest BCUT2D eigenvalue weighted by Gasteiger charge is 2.36. The number of hydrogen-bond donors (Lipinski definition) is 1. The van der Waals surface area contributed by atoms with Crippen LogP contribution in [0.4, 0.5) is 0 Å². The molecule has 1 N–H and O–H groups in total. The lowest BCUT2D eigenvalue weighted by Gasteiger charge is -2.36. The molecule has 2 atom stereocenters. The van der Waals surface area contributed by atoms with Gasteiger partial charge >= 0.3 is 0 Å². The predicted octanol–water partition coefficient (Wildman–Crippen LogP) is 3.24. The van der Waals surface area contributed by atoms with Gasteiger partial charge < -0.3 is 14.7 Å². The molecule has 3 fully saturated rings. The molecular weight excluding hydrogens is 512 g/mol. The van der Waals surface area contributed by atoms with Crippen molar-refractivity contribution in [3.05, 3.63) is 41.4 Å². The van der Waals surface area contributed by atoms with Gasteiger partial charge in [-0.25, -0.2) is 8.42 Å². The van der Waals surface area contributed by atoms with Crippen LogP contribution in [0.15, 0.2) is 41.3 Å². The number of amides is 2. The van der Waals surface area contributed by atoms with Crippen molar-refractivity contribution in [1.29, 1.82) is 0 Å². The van der Waals surface area contributed by atoms with E-state index in [9.17, 15) is 18.0 Å². The third-order valence-electron chi connectivity index (χ3n) is 7.85. The second kappa shape index (κ2) is 11.3. The smallest absolute Gasteiger partial charge is 0.242 e. The lowest BCUT2D eigenvalue weighted by Crippen LogP contribution is -2.55. The molecular formula is C27H35ClN4O4S. The first-order chi connectivity index (χ1) is 17.8. The maximum Gasteiger partial charge on any atom is 0.242 e. The topological polar surface area (TPSA) is 90.0 Å². The summed E-state index contributed by atoms with van der Waals surface area (Å²) >= 11 is 6.03. The summed E-state index contributed by atoms with van der Waals surface area (Å²) in [5, 5.41) is 2.17. The molecule has 2 amide bonds. The fourth-order valence-corrected chi connectivity index (χ4v) is 7.31. The van der Waals surface area contributed by atoms with Gasteiger partial charge in [0, 0.05) is 30.7 Å². The van der Waals surface area contributed by atoms with Gasteiger partial charge in [-0.2, -0.15) is 4.72 Å². The van der Waals surface area contributed by atoms with Gasteiger partial charge in [0.05, 0.1) is 11.4 Å². The van der Waals surface area contributed by atoms with E-state index in [4.69, 9.17) is 11.6 Å². The van der Waals surface area contributed by atoms with E-state index >= 15 is 0 Å². The van der Waals surface area contributed by atoms with Crippen molar-refractivity contribution in [2.24, 2.45) is 0 Å². The van der Waals surface area contributed by atoms with Crippen LogP contribution < -0.4 is 4.72 Å². The first kappa shape index (κ1) is 26.4. The normalized spacial score (nSPS) is 23.6. The van der Waals surface area contributed by atoms with Crippen LogP contribution in [0.2, 0.25) is 5.02 Å². The molecule has 0 unspecified atom stereocenters. The number of fused-ring (bicyclic) bond motifs is 1. The Morgan fingerprint density at radius 3 is 2.46 bits per heavy atom. The SMILES string of the molecule is O=C1[C@@H](NS(=O)(=O)c2ccc3cc(Cl)ccc3c2)CCCN1CC(=O)N1CCC[C@H]1CN1CCCCC1. The first-order valence-electron chi connectivity index (χ1n) is 13.3. The van der Waals surface area contributed by atoms with Crippen LogP contribution in [0.1, 0.15) is 44.9 Å². The van der Waals surface area contributed by atoms with Crippen molar-refractivity contribution in [2.75, 3.05) is 39.3 Å². The van der Waals surface area contributed by atoms with E-state index in [1.807, 2.05) is 4.90 Å². The van der Waals surface area contributed by atoms with Crippen LogP contribution in [0.3, 0.4) is 0 Å². The highest BCUT2D eigenvalue weighted by atomic mass is 35.5. The number of sulfonamides is 1. The molecule has 3 aliphatic heterocycles. The van der Waals surface area contributed by atoms with Crippen LogP contribution in [0, 0.1) is 0 Å². The molecule has 0 aliphatic carbocycles. The number of carbonyl (C=O) groups is 2. The van der Waals surface area contributed by atoms with E-state index in [1.54, 1.807) is 30.3 Å². The average Bonchev–Trinajstić information content (AvgIpc) is 3.35. The molecule has 3 aliphatic rings. The van der Waals surface area contributed by atoms with E-state index in [0.29, 0.717) is 24.4 Å². The summed E-state index contributed by atoms with van der Waals surface area (Å²) in [6, 6.07) is 9.39. The minimum atomic E-state index is -3.92. The van der Waals surface area contributed by atoms with Crippen molar-refractivity contribution in [3.63, 3.8) is 0 Å². The zero-order chi connectivity index (χ0) is 26.0. The standard InChI is InChI=1S/C27H35ClN4O4S/c28-22-10-8-21-17-24(11-9-20(21)16-22)37(35,36)29-25-7-5-14-31(27(25)34)19-26(33)32-15-4-6-23(32)18-30-12-2-1-3-13-30/h8-11,16-17,23,25,29H,1-7,12-15,18-19H2/t23-,25-/m0/s1. The summed E-state index contributed by atoms with van der Waals surface area (Å²) in [7, 11) is -3.92. The van der Waals surface area contributed by atoms with E-state index in [1.165, 1.54) is 30.2 Å². The van der Waals surface area contributed by atoms with Gasteiger partial charge in [-0.15, -0.1) is 0 Å². The highest BCUT2D eigenvalue weighted by molar-refractivity contribution is 7.89. The minimum absolute atomic E-state index is 0.00426. The Morgan fingerprint density at radius 1 is 0.919 bits per heavy atom. The summed E-state index contributed by atoms with van der Waals surface area (Å²) in [5.74, 6) is -0.368. The molecule has 5 rings (SSSR count). The second-order valence-corrected chi connectivity index (χ2v) is 12.6. The van der Waals surface area contributed by atoms with Crippen molar-refractivity contribution in [1.82, 2.24) is 19.4 Å². The zero-order valence-corrected chi connectivity index (χ0v) is 22.6. The van der Waals surface area contributed by atoms with Gasteiger partial charge in [0.25, 0.3) is 0 Å². The van der Waals surface area contributed by atoms with Crippen LogP contribution in [-0.4, -0.2) is 86.3 Å². The predicted molar refractivity (Wildman–Crippen MR) is 144 cm³/mol. The number of halogens is 1. The summed E-state index contributed by atoms with van der Waals surface area (Å²) in [5.41, 5.74) is 0. The summed E-state index contributed by atoms with van der Waals surface area (Å²) in [6.45, 7) is 4.28. The van der Waals surface area contributed by atoms with Gasteiger partial charge in [-0.05, 0) is 86.7 Å². The fraction of sp³-hybridized carbons (Fsp3) is 0.556. The van der Waals surface area contributed by atoms with Crippen LogP contribution in [0.25, 0.3) is 10.8 Å². The fourth-order valence-electron chi connectivity index (χ4n) is 5.87. The Hall–Kier alpha value is -2.20. The molecule has 0 bridgehead atoms. The van der Waals surface area contributed by atoms with Crippen LogP contribution >= 0.6 is 11.6 Å². The minimum Gasteiger partial charge on any atom is -0.337 e. The Labute approximate surface area is 224 Å². The lowest BCUT2D eigenvalue weighted by atomic mass is 10.1. The number of nitrogens with one attached hydrogen (secondary N) is 1. The van der Waals surface area contributed by atoms with E-state index in [-0.39, 0.29) is 29.3 Å². The van der Waals surface area contributed by atoms with E-state index in [0.717, 1.165) is 49.8 Å². The lowest BCUT2D eigenvalue weighted by molar-refractivity contribution is -0.143. The number of carbonyl (C=O) groups excluding carboxylic acids is 2. The Balaban J connectivity index is 1.22. The molecule has 3 heterocycles. The van der Waals surface area contributed by atoms with Gasteiger partial charge in [0.15, 0.2) is 0 Å². The van der Waals surface area contributed by atoms with Crippen LogP contribution in [0.5, 0.6) is 0 Å². The van der Waals surface area contributed by atoms with Gasteiger partial charge in [0.2, 0.25) is 21.8 Å². The number of benzene rings is 2. The average molecular weight is 547 g/mol. The number of nitrogens with zero attached hydrogens (tertiary/aromatic N) is 3. The zero-order valence-electron chi connectivity index (χ0n) is 21.1. The first-order valence-corrected chi connectivity index (χ1v) is 15.2. The maximum absolute atomic E-state index is 13.2. The van der Waals surface area contributed by atoms with Gasteiger partial charge in [0.1, 0.15) is 6.04 Å². The number of piperidine rings is 2. The molecule has 10 heteroatoms. The van der Waals surface area contributed by atoms with Gasteiger partial charge in [-0.1, -0.05) is 30.2 Å². The highest BCUT2D eigenvalue weighted by Crippen LogP contribution is 2.24. The Morgan fingerprint density at radius 2 is 1.65 bits per heavy atom. The molecule has 3 saturated heterocycles. The number of likely N-dealkylation sites (tertiary alicyclic amines) is 3. The van der Waals surface area contributed by atoms with E-state index < -0.39 is 16.1 Å². The van der Waals surface area contributed by atoms with Crippen molar-refractivity contribution in [2.45, 2.75) is 61.9 Å². The van der Waals surface area contributed by atoms with E-state index in [2.05, 4.69) is 9.62 Å². The third-order valence-corrected chi connectivity index (χ3v) is 9.56. The molecule has 0 aromatic heterocycles. The molecule has 2 aromatic carbocycles. The van der Waals surface area contributed by atoms with Crippen molar-refractivity contribution < 1.29 is 18.0 Å². The quantitative estimate of drug-likeness (QED) is 0.576. The maximum atomic E-state index is 13.2. The monoisotopic (exact) mass is 546 g/mol. The second-order valence-electron chi connectivity index (χ2n) is 10.5. The number of rotatable bonds is 7. The molecule has 2 aromatic rings. The molecule has 0 spiro atoms. The largest absolute Gasteiger partial charge is 0.337 e. The molecule has 0 radical (unpaired) electrons. The molecule has 37 heavy (non-hydrogen) atoms. The molecule has 0 saturated carbocycles. The summed E-state index contributed by atoms with van der Waals surface area (Å²) < 4.78 is 28.9.